The lowest BCUT2D eigenvalue weighted by atomic mass is 10.0. The molecule has 0 aromatic heterocycles. The summed E-state index contributed by atoms with van der Waals surface area (Å²) in [7, 11) is 0. The van der Waals surface area contributed by atoms with E-state index in [0.29, 0.717) is 6.04 Å². The van der Waals surface area contributed by atoms with Gasteiger partial charge in [0.2, 0.25) is 5.91 Å². The molecule has 1 aromatic carbocycles. The van der Waals surface area contributed by atoms with Crippen molar-refractivity contribution in [2.75, 3.05) is 19.6 Å². The van der Waals surface area contributed by atoms with E-state index in [4.69, 9.17) is 5.73 Å². The molecule has 0 unspecified atom stereocenters. The van der Waals surface area contributed by atoms with Crippen molar-refractivity contribution in [3.63, 3.8) is 0 Å². The van der Waals surface area contributed by atoms with E-state index in [1.807, 2.05) is 0 Å². The van der Waals surface area contributed by atoms with Crippen molar-refractivity contribution in [3.05, 3.63) is 35.9 Å². The Hall–Kier alpha value is -0.810. The van der Waals surface area contributed by atoms with Gasteiger partial charge in [-0.25, -0.2) is 0 Å². The van der Waals surface area contributed by atoms with Crippen LogP contribution in [0.25, 0.3) is 0 Å². The summed E-state index contributed by atoms with van der Waals surface area (Å²) in [6.07, 6.45) is 3.14. The lowest BCUT2D eigenvalue weighted by Gasteiger charge is -2.32. The molecule has 4 nitrogen and oxygen atoms in total. The van der Waals surface area contributed by atoms with Crippen LogP contribution in [0.5, 0.6) is 0 Å². The van der Waals surface area contributed by atoms with Crippen LogP contribution < -0.4 is 11.1 Å². The first kappa shape index (κ1) is 21.2. The summed E-state index contributed by atoms with van der Waals surface area (Å²) in [6, 6.07) is 10.5. The van der Waals surface area contributed by atoms with Crippen LogP contribution in [0, 0.1) is 0 Å². The molecule has 0 saturated carbocycles. The summed E-state index contributed by atoms with van der Waals surface area (Å²) in [6.45, 7) is 4.93. The fourth-order valence-electron chi connectivity index (χ4n) is 2.57. The molecule has 0 spiro atoms. The number of nitrogens with two attached hydrogens (primary N) is 1. The van der Waals surface area contributed by atoms with Crippen molar-refractivity contribution in [1.82, 2.24) is 10.2 Å². The van der Waals surface area contributed by atoms with Gasteiger partial charge in [0.05, 0.1) is 6.04 Å². The van der Waals surface area contributed by atoms with E-state index in [1.165, 1.54) is 5.56 Å². The molecule has 3 N–H and O–H groups in total. The highest BCUT2D eigenvalue weighted by Crippen LogP contribution is 2.11. The van der Waals surface area contributed by atoms with E-state index in [0.717, 1.165) is 38.9 Å². The van der Waals surface area contributed by atoms with Gasteiger partial charge < -0.3 is 16.0 Å². The maximum atomic E-state index is 11.6. The van der Waals surface area contributed by atoms with Gasteiger partial charge in [-0.2, -0.15) is 0 Å². The molecule has 1 aliphatic rings. The van der Waals surface area contributed by atoms with Crippen LogP contribution in [0.3, 0.4) is 0 Å². The molecular weight excluding hydrogens is 321 g/mol. The number of halogens is 2. The number of benzene rings is 1. The molecule has 126 valence electrons. The van der Waals surface area contributed by atoms with Gasteiger partial charge in [0.25, 0.3) is 0 Å². The third-order valence-corrected chi connectivity index (χ3v) is 3.91. The van der Waals surface area contributed by atoms with Crippen molar-refractivity contribution in [1.29, 1.82) is 0 Å². The number of rotatable bonds is 5. The third kappa shape index (κ3) is 6.97. The predicted octanol–water partition coefficient (Wildman–Crippen LogP) is 2.00. The molecule has 0 bridgehead atoms. The number of hydrogen-bond donors (Lipinski definition) is 2. The molecule has 0 aliphatic carbocycles. The van der Waals surface area contributed by atoms with Crippen LogP contribution in [0.2, 0.25) is 0 Å². The summed E-state index contributed by atoms with van der Waals surface area (Å²) in [5.74, 6) is -0.0345. The van der Waals surface area contributed by atoms with Gasteiger partial charge in [0, 0.05) is 25.7 Å². The normalized spacial score (nSPS) is 17.0. The number of nitrogens with one attached hydrogen (secondary N) is 1. The Labute approximate surface area is 145 Å². The Morgan fingerprint density at radius 1 is 1.27 bits per heavy atom. The van der Waals surface area contributed by atoms with Crippen molar-refractivity contribution < 1.29 is 4.79 Å². The summed E-state index contributed by atoms with van der Waals surface area (Å²) in [5, 5.41) is 3.02. The molecule has 1 atom stereocenters. The average Bonchev–Trinajstić information content (AvgIpc) is 2.47. The highest BCUT2D eigenvalue weighted by molar-refractivity contribution is 5.85. The minimum Gasteiger partial charge on any atom is -0.352 e. The van der Waals surface area contributed by atoms with E-state index in [9.17, 15) is 4.79 Å². The second-order valence-corrected chi connectivity index (χ2v) is 5.65. The number of likely N-dealkylation sites (tertiary alicyclic amines) is 1. The fraction of sp³-hybridized carbons (Fsp3) is 0.562. The van der Waals surface area contributed by atoms with Gasteiger partial charge in [-0.1, -0.05) is 30.3 Å². The second kappa shape index (κ2) is 10.8. The number of amides is 1. The van der Waals surface area contributed by atoms with Crippen LogP contribution >= 0.6 is 24.8 Å². The molecule has 0 radical (unpaired) electrons. The first-order valence-corrected chi connectivity index (χ1v) is 7.47. The topological polar surface area (TPSA) is 58.4 Å². The Bertz CT molecular complexity index is 421. The summed E-state index contributed by atoms with van der Waals surface area (Å²) in [4.78, 5) is 14.0. The van der Waals surface area contributed by atoms with Crippen LogP contribution in [-0.4, -0.2) is 42.5 Å². The summed E-state index contributed by atoms with van der Waals surface area (Å²) < 4.78 is 0. The van der Waals surface area contributed by atoms with Crippen LogP contribution in [-0.2, 0) is 11.2 Å². The molecule has 1 aromatic rings. The minimum atomic E-state index is -0.411. The largest absolute Gasteiger partial charge is 0.352 e. The Balaban J connectivity index is 0.00000220. The number of hydrogen-bond acceptors (Lipinski definition) is 3. The third-order valence-electron chi connectivity index (χ3n) is 3.91. The first-order chi connectivity index (χ1) is 9.65. The van der Waals surface area contributed by atoms with Crippen molar-refractivity contribution in [2.45, 2.75) is 38.3 Å². The summed E-state index contributed by atoms with van der Waals surface area (Å²) >= 11 is 0. The van der Waals surface area contributed by atoms with E-state index in [-0.39, 0.29) is 30.7 Å². The van der Waals surface area contributed by atoms with Gasteiger partial charge in [-0.15, -0.1) is 24.8 Å². The molecule has 1 aliphatic heterocycles. The van der Waals surface area contributed by atoms with Gasteiger partial charge in [0.1, 0.15) is 0 Å². The monoisotopic (exact) mass is 347 g/mol. The smallest absolute Gasteiger partial charge is 0.236 e. The number of carbonyl (C=O) groups is 1. The highest BCUT2D eigenvalue weighted by atomic mass is 35.5. The van der Waals surface area contributed by atoms with Crippen molar-refractivity contribution in [2.24, 2.45) is 5.73 Å². The van der Waals surface area contributed by atoms with E-state index in [1.54, 1.807) is 6.92 Å². The van der Waals surface area contributed by atoms with Gasteiger partial charge in [-0.05, 0) is 31.7 Å². The average molecular weight is 348 g/mol. The first-order valence-electron chi connectivity index (χ1n) is 7.47. The Morgan fingerprint density at radius 2 is 1.86 bits per heavy atom. The van der Waals surface area contributed by atoms with E-state index >= 15 is 0 Å². The van der Waals surface area contributed by atoms with E-state index < -0.39 is 6.04 Å². The SMILES string of the molecule is C[C@@H](N)C(=O)NC1CCN(CCc2ccccc2)CC1.Cl.Cl. The molecular formula is C16H27Cl2N3O. The highest BCUT2D eigenvalue weighted by Gasteiger charge is 2.21. The number of nitrogens with zero attached hydrogens (tertiary/aromatic N) is 1. The van der Waals surface area contributed by atoms with Gasteiger partial charge in [0.15, 0.2) is 0 Å². The molecule has 2 rings (SSSR count). The Kier molecular flexibility index (Phi) is 10.4. The quantitative estimate of drug-likeness (QED) is 0.856. The molecule has 22 heavy (non-hydrogen) atoms. The fourth-order valence-corrected chi connectivity index (χ4v) is 2.57. The minimum absolute atomic E-state index is 0. The Morgan fingerprint density at radius 3 is 2.41 bits per heavy atom. The maximum absolute atomic E-state index is 11.6. The van der Waals surface area contributed by atoms with Crippen LogP contribution in [0.1, 0.15) is 25.3 Å². The van der Waals surface area contributed by atoms with Crippen molar-refractivity contribution in [3.8, 4) is 0 Å². The van der Waals surface area contributed by atoms with Crippen LogP contribution in [0.4, 0.5) is 0 Å². The standard InChI is InChI=1S/C16H25N3O.2ClH/c1-13(17)16(20)18-15-8-11-19(12-9-15)10-7-14-5-3-2-4-6-14;;/h2-6,13,15H,7-12,17H2,1H3,(H,18,20);2*1H/t13-;;/m1../s1. The number of carbonyl (C=O) groups excluding carboxylic acids is 1. The zero-order valence-corrected chi connectivity index (χ0v) is 14.7. The predicted molar refractivity (Wildman–Crippen MR) is 95.9 cm³/mol. The van der Waals surface area contributed by atoms with Crippen LogP contribution in [0.15, 0.2) is 30.3 Å². The molecule has 1 fully saturated rings. The van der Waals surface area contributed by atoms with Gasteiger partial charge in [-0.3, -0.25) is 4.79 Å². The zero-order valence-electron chi connectivity index (χ0n) is 13.0. The lowest BCUT2D eigenvalue weighted by Crippen LogP contribution is -2.49. The second-order valence-electron chi connectivity index (χ2n) is 5.65. The van der Waals surface area contributed by atoms with Crippen molar-refractivity contribution >= 4 is 30.7 Å². The zero-order chi connectivity index (χ0) is 14.4. The molecule has 6 heteroatoms. The van der Waals surface area contributed by atoms with Gasteiger partial charge >= 0.3 is 0 Å². The van der Waals surface area contributed by atoms with E-state index in [2.05, 4.69) is 40.5 Å². The summed E-state index contributed by atoms with van der Waals surface area (Å²) in [5.41, 5.74) is 6.96. The molecule has 1 amide bonds. The maximum Gasteiger partial charge on any atom is 0.236 e. The number of piperidine rings is 1. The molecule has 1 saturated heterocycles. The lowest BCUT2D eigenvalue weighted by molar-refractivity contribution is -0.123. The molecule has 1 heterocycles.